The first-order valence-corrected chi connectivity index (χ1v) is 12.2. The number of rotatable bonds is 17. The molecule has 0 saturated heterocycles. The van der Waals surface area contributed by atoms with E-state index in [0.29, 0.717) is 51.4 Å². The average molecular weight is 470 g/mol. The molecule has 0 bridgehead atoms. The maximum Gasteiger partial charge on any atom is 0.243 e. The van der Waals surface area contributed by atoms with Crippen LogP contribution in [0.15, 0.2) is 0 Å². The van der Waals surface area contributed by atoms with E-state index in [1.165, 1.54) is 0 Å². The van der Waals surface area contributed by atoms with Crippen molar-refractivity contribution in [3.63, 3.8) is 0 Å². The number of hydrogen-bond acceptors (Lipinski definition) is 6. The maximum absolute atomic E-state index is 13.1. The van der Waals surface area contributed by atoms with E-state index in [-0.39, 0.29) is 23.7 Å². The molecule has 33 heavy (non-hydrogen) atoms. The van der Waals surface area contributed by atoms with E-state index in [4.69, 9.17) is 11.5 Å². The normalized spacial score (nSPS) is 15.1. The summed E-state index contributed by atoms with van der Waals surface area (Å²) in [4.78, 5) is 49.9. The van der Waals surface area contributed by atoms with Crippen LogP contribution in [0.25, 0.3) is 0 Å². The Morgan fingerprint density at radius 1 is 0.727 bits per heavy atom. The molecule has 0 saturated carbocycles. The van der Waals surface area contributed by atoms with Gasteiger partial charge < -0.3 is 32.2 Å². The Kier molecular flexibility index (Phi) is 15.6. The molecule has 0 aliphatic carbocycles. The van der Waals surface area contributed by atoms with Gasteiger partial charge in [-0.1, -0.05) is 41.5 Å². The van der Waals surface area contributed by atoms with Crippen LogP contribution in [0.4, 0.5) is 0 Å². The van der Waals surface area contributed by atoms with E-state index in [0.717, 1.165) is 0 Å². The van der Waals surface area contributed by atoms with Crippen molar-refractivity contribution in [2.75, 3.05) is 6.54 Å². The second-order valence-electron chi connectivity index (χ2n) is 10.2. The van der Waals surface area contributed by atoms with Gasteiger partial charge in [-0.25, -0.2) is 0 Å². The van der Waals surface area contributed by atoms with Gasteiger partial charge in [0.15, 0.2) is 0 Å². The molecule has 0 spiro atoms. The van der Waals surface area contributed by atoms with Crippen molar-refractivity contribution >= 4 is 24.0 Å². The predicted molar refractivity (Wildman–Crippen MR) is 131 cm³/mol. The van der Waals surface area contributed by atoms with Crippen LogP contribution >= 0.6 is 0 Å². The van der Waals surface area contributed by atoms with Crippen LogP contribution in [0.1, 0.15) is 80.1 Å². The highest BCUT2D eigenvalue weighted by Crippen LogP contribution is 2.10. The van der Waals surface area contributed by atoms with Gasteiger partial charge in [0.25, 0.3) is 0 Å². The van der Waals surface area contributed by atoms with Gasteiger partial charge in [0.05, 0.1) is 12.1 Å². The summed E-state index contributed by atoms with van der Waals surface area (Å²) in [7, 11) is 0. The number of hydrogen-bond donors (Lipinski definition) is 5. The Bertz CT molecular complexity index is 610. The van der Waals surface area contributed by atoms with Crippen LogP contribution in [0.2, 0.25) is 0 Å². The highest BCUT2D eigenvalue weighted by atomic mass is 16.2. The first kappa shape index (κ1) is 31.0. The second kappa shape index (κ2) is 16.6. The molecule has 0 aliphatic heterocycles. The number of nitrogens with two attached hydrogens (primary N) is 2. The number of carbonyl (C=O) groups is 4. The van der Waals surface area contributed by atoms with E-state index in [9.17, 15) is 19.2 Å². The summed E-state index contributed by atoms with van der Waals surface area (Å²) in [6.45, 7) is 12.3. The Labute approximate surface area is 199 Å². The van der Waals surface area contributed by atoms with Crippen molar-refractivity contribution in [3.05, 3.63) is 0 Å². The topological polar surface area (TPSA) is 156 Å². The van der Waals surface area contributed by atoms with Gasteiger partial charge in [0.1, 0.15) is 18.4 Å². The third-order valence-corrected chi connectivity index (χ3v) is 5.20. The molecular weight excluding hydrogens is 422 g/mol. The molecule has 0 aromatic rings. The summed E-state index contributed by atoms with van der Waals surface area (Å²) >= 11 is 0. The average Bonchev–Trinajstić information content (AvgIpc) is 2.70. The SMILES string of the molecule is CC(C)C[C@@H](C=O)NC(=O)[C@H](CCCCN)NC(=O)[C@H](CC(C)C)NC(=O)[C@@H](N)CC(C)C. The molecule has 9 heteroatoms. The quantitative estimate of drug-likeness (QED) is 0.159. The maximum atomic E-state index is 13.1. The van der Waals surface area contributed by atoms with E-state index in [1.54, 1.807) is 0 Å². The van der Waals surface area contributed by atoms with Gasteiger partial charge in [0.2, 0.25) is 17.7 Å². The van der Waals surface area contributed by atoms with Crippen molar-refractivity contribution in [1.29, 1.82) is 0 Å². The van der Waals surface area contributed by atoms with E-state index >= 15 is 0 Å². The van der Waals surface area contributed by atoms with Crippen molar-refractivity contribution in [2.24, 2.45) is 29.2 Å². The lowest BCUT2D eigenvalue weighted by molar-refractivity contribution is -0.133. The van der Waals surface area contributed by atoms with E-state index in [2.05, 4.69) is 16.0 Å². The third-order valence-electron chi connectivity index (χ3n) is 5.20. The molecule has 192 valence electrons. The van der Waals surface area contributed by atoms with Crippen LogP contribution in [0, 0.1) is 17.8 Å². The van der Waals surface area contributed by atoms with Gasteiger partial charge in [-0.05, 0) is 62.8 Å². The van der Waals surface area contributed by atoms with Gasteiger partial charge in [-0.2, -0.15) is 0 Å². The largest absolute Gasteiger partial charge is 0.345 e. The van der Waals surface area contributed by atoms with Crippen LogP contribution in [-0.2, 0) is 19.2 Å². The van der Waals surface area contributed by atoms with Gasteiger partial charge >= 0.3 is 0 Å². The second-order valence-corrected chi connectivity index (χ2v) is 10.2. The number of aldehydes is 1. The third kappa shape index (κ3) is 14.0. The first-order valence-electron chi connectivity index (χ1n) is 12.2. The van der Waals surface area contributed by atoms with Gasteiger partial charge in [0, 0.05) is 0 Å². The van der Waals surface area contributed by atoms with Crippen LogP contribution < -0.4 is 27.4 Å². The van der Waals surface area contributed by atoms with Crippen LogP contribution in [-0.4, -0.2) is 54.7 Å². The Hall–Kier alpha value is -2.00. The fourth-order valence-corrected chi connectivity index (χ4v) is 3.57. The smallest absolute Gasteiger partial charge is 0.243 e. The highest BCUT2D eigenvalue weighted by molar-refractivity contribution is 5.93. The molecular formula is C24H47N5O4. The molecule has 0 aromatic heterocycles. The van der Waals surface area contributed by atoms with Crippen molar-refractivity contribution in [3.8, 4) is 0 Å². The minimum Gasteiger partial charge on any atom is -0.345 e. The Morgan fingerprint density at radius 3 is 1.73 bits per heavy atom. The summed E-state index contributed by atoms with van der Waals surface area (Å²) in [5.74, 6) is -0.622. The van der Waals surface area contributed by atoms with Gasteiger partial charge in [-0.15, -0.1) is 0 Å². The minimum absolute atomic E-state index is 0.136. The lowest BCUT2D eigenvalue weighted by Crippen LogP contribution is -2.57. The summed E-state index contributed by atoms with van der Waals surface area (Å²) in [5.41, 5.74) is 11.6. The molecule has 0 rings (SSSR count). The Morgan fingerprint density at radius 2 is 1.24 bits per heavy atom. The lowest BCUT2D eigenvalue weighted by Gasteiger charge is -2.26. The minimum atomic E-state index is -0.824. The fraction of sp³-hybridized carbons (Fsp3) is 0.833. The zero-order valence-electron chi connectivity index (χ0n) is 21.4. The number of amides is 3. The molecule has 0 radical (unpaired) electrons. The highest BCUT2D eigenvalue weighted by Gasteiger charge is 2.29. The van der Waals surface area contributed by atoms with Crippen LogP contribution in [0.5, 0.6) is 0 Å². The molecule has 3 amide bonds. The summed E-state index contributed by atoms with van der Waals surface area (Å²) < 4.78 is 0. The zero-order valence-corrected chi connectivity index (χ0v) is 21.4. The first-order chi connectivity index (χ1) is 15.4. The monoisotopic (exact) mass is 469 g/mol. The van der Waals surface area contributed by atoms with Gasteiger partial charge in [-0.3, -0.25) is 14.4 Å². The van der Waals surface area contributed by atoms with E-state index < -0.39 is 36.0 Å². The molecule has 0 unspecified atom stereocenters. The molecule has 0 heterocycles. The molecule has 4 atom stereocenters. The number of carbonyl (C=O) groups excluding carboxylic acids is 4. The van der Waals surface area contributed by atoms with Crippen LogP contribution in [0.3, 0.4) is 0 Å². The molecule has 9 nitrogen and oxygen atoms in total. The van der Waals surface area contributed by atoms with Crippen molar-refractivity contribution < 1.29 is 19.2 Å². The lowest BCUT2D eigenvalue weighted by atomic mass is 9.99. The van der Waals surface area contributed by atoms with E-state index in [1.807, 2.05) is 41.5 Å². The fourth-order valence-electron chi connectivity index (χ4n) is 3.57. The van der Waals surface area contributed by atoms with Crippen molar-refractivity contribution in [1.82, 2.24) is 16.0 Å². The zero-order chi connectivity index (χ0) is 25.6. The summed E-state index contributed by atoms with van der Waals surface area (Å²) in [6.07, 6.45) is 3.89. The summed E-state index contributed by atoms with van der Waals surface area (Å²) in [5, 5.41) is 8.28. The standard InChI is InChI=1S/C24H47N5O4/c1-15(2)11-18(14-30)27-23(32)20(9-7-8-10-25)28-24(33)21(13-17(5)6)29-22(31)19(26)12-16(3)4/h14-21H,7-13,25-26H2,1-6H3,(H,27,32)(H,28,33)(H,29,31)/t18-,19-,20-,21-/m0/s1. The number of unbranched alkanes of at least 4 members (excludes halogenated alkanes) is 1. The van der Waals surface area contributed by atoms with Crippen molar-refractivity contribution in [2.45, 2.75) is 104 Å². The molecule has 0 aromatic carbocycles. The molecule has 0 fully saturated rings. The summed E-state index contributed by atoms with van der Waals surface area (Å²) in [6, 6.07) is -2.96. The predicted octanol–water partition coefficient (Wildman–Crippen LogP) is 1.23. The Balaban J connectivity index is 5.41. The molecule has 0 aliphatic rings. The molecule has 7 N–H and O–H groups in total. The number of nitrogens with one attached hydrogen (secondary N) is 3.